The van der Waals surface area contributed by atoms with Gasteiger partial charge in [-0.05, 0) is 29.3 Å². The van der Waals surface area contributed by atoms with Gasteiger partial charge in [0.1, 0.15) is 11.6 Å². The van der Waals surface area contributed by atoms with Crippen molar-refractivity contribution in [3.8, 4) is 0 Å². The van der Waals surface area contributed by atoms with Crippen molar-refractivity contribution in [3.05, 3.63) is 59.5 Å². The van der Waals surface area contributed by atoms with Gasteiger partial charge in [0.15, 0.2) is 5.96 Å². The van der Waals surface area contributed by atoms with Crippen LogP contribution >= 0.6 is 24.0 Å². The molecule has 2 rings (SSSR count). The standard InChI is InChI=1S/C18H24FN5.HI/c1-20-18(24(4)13-14-6-5-7-16(19)10-14)22-12-15-8-9-17(21-11-15)23(2)3;/h5-11H,12-13H2,1-4H3,(H,20,22);1H. The zero-order valence-electron chi connectivity index (χ0n) is 15.0. The first kappa shape index (κ1) is 21.1. The zero-order chi connectivity index (χ0) is 17.5. The number of aromatic nitrogens is 1. The summed E-state index contributed by atoms with van der Waals surface area (Å²) in [7, 11) is 7.58. The van der Waals surface area contributed by atoms with Gasteiger partial charge in [-0.15, -0.1) is 24.0 Å². The topological polar surface area (TPSA) is 43.8 Å². The molecule has 0 aliphatic heterocycles. The van der Waals surface area contributed by atoms with Crippen molar-refractivity contribution in [3.63, 3.8) is 0 Å². The molecule has 0 radical (unpaired) electrons. The highest BCUT2D eigenvalue weighted by Crippen LogP contribution is 2.09. The van der Waals surface area contributed by atoms with Gasteiger partial charge in [0.05, 0.1) is 0 Å². The third kappa shape index (κ3) is 6.49. The normalized spacial score (nSPS) is 10.8. The molecule has 0 atom stereocenters. The van der Waals surface area contributed by atoms with E-state index in [-0.39, 0.29) is 29.8 Å². The number of rotatable bonds is 5. The largest absolute Gasteiger partial charge is 0.363 e. The highest BCUT2D eigenvalue weighted by Gasteiger charge is 2.07. The van der Waals surface area contributed by atoms with Crippen LogP contribution in [0, 0.1) is 5.82 Å². The zero-order valence-corrected chi connectivity index (χ0v) is 17.4. The van der Waals surface area contributed by atoms with Gasteiger partial charge in [-0.25, -0.2) is 9.37 Å². The lowest BCUT2D eigenvalue weighted by molar-refractivity contribution is 0.474. The summed E-state index contributed by atoms with van der Waals surface area (Å²) in [5, 5.41) is 3.30. The summed E-state index contributed by atoms with van der Waals surface area (Å²) in [6.45, 7) is 1.20. The van der Waals surface area contributed by atoms with E-state index in [1.54, 1.807) is 13.1 Å². The molecule has 0 amide bonds. The number of nitrogens with zero attached hydrogens (tertiary/aromatic N) is 4. The minimum atomic E-state index is -0.226. The molecule has 0 fully saturated rings. The van der Waals surface area contributed by atoms with Crippen LogP contribution in [-0.4, -0.2) is 44.0 Å². The Morgan fingerprint density at radius 1 is 1.16 bits per heavy atom. The number of pyridine rings is 1. The fourth-order valence-corrected chi connectivity index (χ4v) is 2.34. The molecule has 1 aromatic carbocycles. The molecule has 0 aliphatic carbocycles. The van der Waals surface area contributed by atoms with Gasteiger partial charge in [-0.3, -0.25) is 4.99 Å². The van der Waals surface area contributed by atoms with E-state index in [0.29, 0.717) is 13.1 Å². The predicted octanol–water partition coefficient (Wildman–Crippen LogP) is 3.11. The summed E-state index contributed by atoms with van der Waals surface area (Å²) in [6.07, 6.45) is 1.85. The molecule has 7 heteroatoms. The lowest BCUT2D eigenvalue weighted by atomic mass is 10.2. The number of halogens is 2. The van der Waals surface area contributed by atoms with Crippen molar-refractivity contribution >= 4 is 35.8 Å². The number of guanidine groups is 1. The number of aliphatic imine (C=N–C) groups is 1. The molecule has 0 saturated heterocycles. The molecular weight excluding hydrogens is 432 g/mol. The molecule has 136 valence electrons. The van der Waals surface area contributed by atoms with Gasteiger partial charge in [-0.2, -0.15) is 0 Å². The smallest absolute Gasteiger partial charge is 0.193 e. The van der Waals surface area contributed by atoms with Crippen molar-refractivity contribution in [1.29, 1.82) is 0 Å². The van der Waals surface area contributed by atoms with Crippen molar-refractivity contribution in [2.45, 2.75) is 13.1 Å². The van der Waals surface area contributed by atoms with Crippen LogP contribution in [0.25, 0.3) is 0 Å². The quantitative estimate of drug-likeness (QED) is 0.426. The van der Waals surface area contributed by atoms with E-state index in [1.807, 2.05) is 55.3 Å². The number of hydrogen-bond donors (Lipinski definition) is 1. The average Bonchev–Trinajstić information content (AvgIpc) is 2.56. The van der Waals surface area contributed by atoms with Crippen molar-refractivity contribution in [1.82, 2.24) is 15.2 Å². The summed E-state index contributed by atoms with van der Waals surface area (Å²) < 4.78 is 13.3. The molecule has 0 unspecified atom stereocenters. The van der Waals surface area contributed by atoms with Gasteiger partial charge in [0.25, 0.3) is 0 Å². The van der Waals surface area contributed by atoms with Crippen LogP contribution in [0.4, 0.5) is 10.2 Å². The summed E-state index contributed by atoms with van der Waals surface area (Å²) >= 11 is 0. The third-order valence-electron chi connectivity index (χ3n) is 3.60. The Balaban J connectivity index is 0.00000312. The minimum absolute atomic E-state index is 0. The second kappa shape index (κ2) is 10.2. The lowest BCUT2D eigenvalue weighted by Gasteiger charge is -2.22. The first-order chi connectivity index (χ1) is 11.5. The lowest BCUT2D eigenvalue weighted by Crippen LogP contribution is -2.38. The monoisotopic (exact) mass is 457 g/mol. The van der Waals surface area contributed by atoms with Crippen LogP contribution in [0.15, 0.2) is 47.6 Å². The van der Waals surface area contributed by atoms with Gasteiger partial charge < -0.3 is 15.1 Å². The first-order valence-electron chi connectivity index (χ1n) is 7.78. The van der Waals surface area contributed by atoms with Crippen LogP contribution < -0.4 is 10.2 Å². The second-order valence-electron chi connectivity index (χ2n) is 5.81. The number of hydrogen-bond acceptors (Lipinski definition) is 3. The van der Waals surface area contributed by atoms with E-state index in [4.69, 9.17) is 0 Å². The summed E-state index contributed by atoms with van der Waals surface area (Å²) in [5.74, 6) is 1.44. The first-order valence-corrected chi connectivity index (χ1v) is 7.78. The van der Waals surface area contributed by atoms with Crippen LogP contribution in [0.2, 0.25) is 0 Å². The molecule has 5 nitrogen and oxygen atoms in total. The summed E-state index contributed by atoms with van der Waals surface area (Å²) in [6, 6.07) is 10.6. The van der Waals surface area contributed by atoms with Crippen LogP contribution in [0.5, 0.6) is 0 Å². The SMILES string of the molecule is CN=C(NCc1ccc(N(C)C)nc1)N(C)Cc1cccc(F)c1.I. The number of benzene rings is 1. The third-order valence-corrected chi connectivity index (χ3v) is 3.60. The van der Waals surface area contributed by atoms with Crippen LogP contribution in [-0.2, 0) is 13.1 Å². The Morgan fingerprint density at radius 3 is 2.48 bits per heavy atom. The molecule has 0 bridgehead atoms. The molecule has 25 heavy (non-hydrogen) atoms. The molecule has 0 saturated carbocycles. The van der Waals surface area contributed by atoms with Crippen molar-refractivity contribution < 1.29 is 4.39 Å². The van der Waals surface area contributed by atoms with Crippen molar-refractivity contribution in [2.24, 2.45) is 4.99 Å². The van der Waals surface area contributed by atoms with Gasteiger partial charge in [-0.1, -0.05) is 18.2 Å². The van der Waals surface area contributed by atoms with E-state index in [9.17, 15) is 4.39 Å². The van der Waals surface area contributed by atoms with Crippen molar-refractivity contribution in [2.75, 3.05) is 33.1 Å². The summed E-state index contributed by atoms with van der Waals surface area (Å²) in [5.41, 5.74) is 1.97. The maximum Gasteiger partial charge on any atom is 0.193 e. The average molecular weight is 457 g/mol. The molecule has 0 aliphatic rings. The summed E-state index contributed by atoms with van der Waals surface area (Å²) in [4.78, 5) is 12.6. The molecule has 1 aromatic heterocycles. The van der Waals surface area contributed by atoms with Gasteiger partial charge >= 0.3 is 0 Å². The second-order valence-corrected chi connectivity index (χ2v) is 5.81. The van der Waals surface area contributed by atoms with E-state index in [1.165, 1.54) is 12.1 Å². The minimum Gasteiger partial charge on any atom is -0.363 e. The van der Waals surface area contributed by atoms with E-state index < -0.39 is 0 Å². The van der Waals surface area contributed by atoms with E-state index >= 15 is 0 Å². The van der Waals surface area contributed by atoms with Crippen LogP contribution in [0.1, 0.15) is 11.1 Å². The molecule has 1 heterocycles. The maximum absolute atomic E-state index is 13.3. The predicted molar refractivity (Wildman–Crippen MR) is 112 cm³/mol. The Labute approximate surface area is 166 Å². The number of nitrogens with one attached hydrogen (secondary N) is 1. The Hall–Kier alpha value is -1.90. The fourth-order valence-electron chi connectivity index (χ4n) is 2.34. The Morgan fingerprint density at radius 2 is 1.92 bits per heavy atom. The highest BCUT2D eigenvalue weighted by atomic mass is 127. The van der Waals surface area contributed by atoms with E-state index in [0.717, 1.165) is 22.9 Å². The Kier molecular flexibility index (Phi) is 8.60. The molecule has 0 spiro atoms. The number of anilines is 1. The maximum atomic E-state index is 13.3. The van der Waals surface area contributed by atoms with Crippen LogP contribution in [0.3, 0.4) is 0 Å². The fraction of sp³-hybridized carbons (Fsp3) is 0.333. The van der Waals surface area contributed by atoms with Gasteiger partial charge in [0.2, 0.25) is 0 Å². The molecule has 1 N–H and O–H groups in total. The van der Waals surface area contributed by atoms with Gasteiger partial charge in [0, 0.05) is 47.5 Å². The molecular formula is C18H25FIN5. The molecule has 2 aromatic rings. The van der Waals surface area contributed by atoms with E-state index in [2.05, 4.69) is 15.3 Å². The Bertz CT molecular complexity index is 688. The highest BCUT2D eigenvalue weighted by molar-refractivity contribution is 14.0.